The van der Waals surface area contributed by atoms with Crippen molar-refractivity contribution in [3.05, 3.63) is 27.0 Å². The van der Waals surface area contributed by atoms with Gasteiger partial charge in [-0.15, -0.1) is 23.1 Å². The van der Waals surface area contributed by atoms with E-state index in [-0.39, 0.29) is 0 Å². The van der Waals surface area contributed by atoms with E-state index < -0.39 is 0 Å². The van der Waals surface area contributed by atoms with Crippen molar-refractivity contribution in [2.75, 3.05) is 6.26 Å². The summed E-state index contributed by atoms with van der Waals surface area (Å²) in [6, 6.07) is 4.14. The summed E-state index contributed by atoms with van der Waals surface area (Å²) in [5.74, 6) is 0. The maximum absolute atomic E-state index is 6.15. The molecule has 0 nitrogen and oxygen atoms in total. The number of thioether (sulfide) groups is 1. The summed E-state index contributed by atoms with van der Waals surface area (Å²) < 4.78 is 2.25. The molecule has 2 aromatic rings. The molecule has 0 saturated heterocycles. The molecule has 1 heterocycles. The van der Waals surface area contributed by atoms with Crippen molar-refractivity contribution >= 4 is 60.7 Å². The van der Waals surface area contributed by atoms with Gasteiger partial charge in [0.1, 0.15) is 0 Å². The largest absolute Gasteiger partial charge is 0.143 e. The maximum atomic E-state index is 6.15. The van der Waals surface area contributed by atoms with Gasteiger partial charge in [0.15, 0.2) is 0 Å². The topological polar surface area (TPSA) is 0 Å². The number of fused-ring (bicyclic) bond motifs is 1. The molecule has 0 radical (unpaired) electrons. The Balaban J connectivity index is 2.87. The molecule has 0 aliphatic carbocycles. The molecule has 0 fully saturated rings. The second kappa shape index (κ2) is 3.81. The zero-order chi connectivity index (χ0) is 9.42. The lowest BCUT2D eigenvalue weighted by Crippen LogP contribution is -1.75. The van der Waals surface area contributed by atoms with Gasteiger partial charge in [0.05, 0.1) is 5.02 Å². The van der Waals surface area contributed by atoms with Gasteiger partial charge < -0.3 is 0 Å². The highest BCUT2D eigenvalue weighted by Crippen LogP contribution is 2.39. The summed E-state index contributed by atoms with van der Waals surface area (Å²) >= 11 is 13.1. The molecule has 1 aromatic heterocycles. The van der Waals surface area contributed by atoms with Crippen molar-refractivity contribution in [1.29, 1.82) is 0 Å². The molecule has 0 N–H and O–H groups in total. The summed E-state index contributed by atoms with van der Waals surface area (Å²) in [7, 11) is 0. The lowest BCUT2D eigenvalue weighted by Gasteiger charge is -2.02. The van der Waals surface area contributed by atoms with Crippen LogP contribution in [0.4, 0.5) is 0 Å². The van der Waals surface area contributed by atoms with E-state index in [4.69, 9.17) is 11.6 Å². The van der Waals surface area contributed by atoms with Crippen LogP contribution in [0, 0.1) is 0 Å². The molecule has 0 unspecified atom stereocenters. The van der Waals surface area contributed by atoms with Crippen LogP contribution < -0.4 is 0 Å². The predicted molar refractivity (Wildman–Crippen MR) is 66.3 cm³/mol. The van der Waals surface area contributed by atoms with Gasteiger partial charge in [0.25, 0.3) is 0 Å². The Hall–Kier alpha value is 0.300. The minimum atomic E-state index is 0.814. The van der Waals surface area contributed by atoms with Crippen LogP contribution in [0.2, 0.25) is 5.02 Å². The van der Waals surface area contributed by atoms with Gasteiger partial charge in [0, 0.05) is 19.5 Å². The summed E-state index contributed by atoms with van der Waals surface area (Å²) in [5, 5.41) is 4.03. The molecule has 68 valence electrons. The average molecular weight is 294 g/mol. The maximum Gasteiger partial charge on any atom is 0.0635 e. The molecule has 0 amide bonds. The SMILES string of the molecule is CSc1cc(Br)c(Cl)c2ccsc12. The minimum absolute atomic E-state index is 0.814. The molecule has 0 atom stereocenters. The summed E-state index contributed by atoms with van der Waals surface area (Å²) in [6.45, 7) is 0. The zero-order valence-electron chi connectivity index (χ0n) is 6.80. The van der Waals surface area contributed by atoms with E-state index in [1.807, 2.05) is 0 Å². The molecule has 0 aliphatic heterocycles. The Morgan fingerprint density at radius 2 is 2.31 bits per heavy atom. The quantitative estimate of drug-likeness (QED) is 0.664. The highest BCUT2D eigenvalue weighted by Gasteiger charge is 2.09. The fourth-order valence-electron chi connectivity index (χ4n) is 1.20. The van der Waals surface area contributed by atoms with Crippen molar-refractivity contribution in [2.45, 2.75) is 4.90 Å². The summed E-state index contributed by atoms with van der Waals surface area (Å²) in [5.41, 5.74) is 0. The summed E-state index contributed by atoms with van der Waals surface area (Å²) in [4.78, 5) is 1.28. The first-order chi connectivity index (χ1) is 6.24. The van der Waals surface area contributed by atoms with Crippen LogP contribution in [0.25, 0.3) is 10.1 Å². The molecule has 0 spiro atoms. The Bertz CT molecular complexity index is 450. The second-order valence-corrected chi connectivity index (χ2v) is 5.53. The molecule has 1 aromatic carbocycles. The van der Waals surface area contributed by atoms with Gasteiger partial charge in [0.2, 0.25) is 0 Å². The van der Waals surface area contributed by atoms with E-state index in [9.17, 15) is 0 Å². The molecule has 0 saturated carbocycles. The van der Waals surface area contributed by atoms with Crippen molar-refractivity contribution in [2.24, 2.45) is 0 Å². The Morgan fingerprint density at radius 3 is 3.00 bits per heavy atom. The van der Waals surface area contributed by atoms with E-state index in [1.54, 1.807) is 23.1 Å². The smallest absolute Gasteiger partial charge is 0.0635 e. The van der Waals surface area contributed by atoms with Crippen molar-refractivity contribution in [3.8, 4) is 0 Å². The monoisotopic (exact) mass is 292 g/mol. The highest BCUT2D eigenvalue weighted by molar-refractivity contribution is 9.10. The lowest BCUT2D eigenvalue weighted by atomic mass is 10.3. The Morgan fingerprint density at radius 1 is 1.54 bits per heavy atom. The van der Waals surface area contributed by atoms with E-state index in [0.29, 0.717) is 0 Å². The van der Waals surface area contributed by atoms with Gasteiger partial charge in [-0.1, -0.05) is 11.6 Å². The van der Waals surface area contributed by atoms with E-state index >= 15 is 0 Å². The number of benzene rings is 1. The van der Waals surface area contributed by atoms with Crippen LogP contribution in [0.5, 0.6) is 0 Å². The van der Waals surface area contributed by atoms with Crippen LogP contribution in [0.15, 0.2) is 26.9 Å². The van der Waals surface area contributed by atoms with Crippen LogP contribution in [0.3, 0.4) is 0 Å². The van der Waals surface area contributed by atoms with Crippen LogP contribution in [0.1, 0.15) is 0 Å². The average Bonchev–Trinajstić information content (AvgIpc) is 2.60. The van der Waals surface area contributed by atoms with Crippen molar-refractivity contribution < 1.29 is 0 Å². The van der Waals surface area contributed by atoms with Gasteiger partial charge >= 0.3 is 0 Å². The van der Waals surface area contributed by atoms with Gasteiger partial charge in [-0.05, 0) is 39.7 Å². The third kappa shape index (κ3) is 1.63. The Labute approximate surface area is 98.4 Å². The molecular formula is C9H6BrClS2. The number of hydrogen-bond acceptors (Lipinski definition) is 2. The molecular weight excluding hydrogens is 288 g/mol. The number of thiophene rings is 1. The second-order valence-electron chi connectivity index (χ2n) is 2.54. The third-order valence-electron chi connectivity index (χ3n) is 1.81. The Kier molecular flexibility index (Phi) is 2.88. The fraction of sp³-hybridized carbons (Fsp3) is 0.111. The number of halogens is 2. The predicted octanol–water partition coefficient (Wildman–Crippen LogP) is 5.04. The first kappa shape index (κ1) is 9.84. The van der Waals surface area contributed by atoms with Crippen LogP contribution >= 0.6 is 50.6 Å². The van der Waals surface area contributed by atoms with E-state index in [0.717, 1.165) is 14.9 Å². The molecule has 4 heteroatoms. The first-order valence-electron chi connectivity index (χ1n) is 3.63. The van der Waals surface area contributed by atoms with Crippen LogP contribution in [-0.4, -0.2) is 6.26 Å². The normalized spacial score (nSPS) is 11.0. The van der Waals surface area contributed by atoms with Gasteiger partial charge in [-0.2, -0.15) is 0 Å². The molecule has 0 aliphatic rings. The summed E-state index contributed by atoms with van der Waals surface area (Å²) in [6.07, 6.45) is 2.08. The standard InChI is InChI=1S/C9H6BrClS2/c1-12-7-4-6(10)8(11)5-2-3-13-9(5)7/h2-4H,1H3. The lowest BCUT2D eigenvalue weighted by molar-refractivity contribution is 1.55. The van der Waals surface area contributed by atoms with Crippen LogP contribution in [-0.2, 0) is 0 Å². The number of hydrogen-bond donors (Lipinski definition) is 0. The van der Waals surface area contributed by atoms with Gasteiger partial charge in [-0.25, -0.2) is 0 Å². The third-order valence-corrected chi connectivity index (χ3v) is 4.91. The highest BCUT2D eigenvalue weighted by atomic mass is 79.9. The minimum Gasteiger partial charge on any atom is -0.143 e. The first-order valence-corrected chi connectivity index (χ1v) is 6.90. The molecule has 13 heavy (non-hydrogen) atoms. The molecule has 2 rings (SSSR count). The van der Waals surface area contributed by atoms with E-state index in [1.165, 1.54) is 9.60 Å². The van der Waals surface area contributed by atoms with Gasteiger partial charge in [-0.3, -0.25) is 0 Å². The number of rotatable bonds is 1. The zero-order valence-corrected chi connectivity index (χ0v) is 10.8. The van der Waals surface area contributed by atoms with Crippen molar-refractivity contribution in [3.63, 3.8) is 0 Å². The molecule has 0 bridgehead atoms. The fourth-order valence-corrected chi connectivity index (χ4v) is 3.80. The van der Waals surface area contributed by atoms with E-state index in [2.05, 4.69) is 39.7 Å². The van der Waals surface area contributed by atoms with Crippen molar-refractivity contribution in [1.82, 2.24) is 0 Å².